The summed E-state index contributed by atoms with van der Waals surface area (Å²) in [5.41, 5.74) is 2.47. The molecule has 1 N–H and O–H groups in total. The molecule has 0 bridgehead atoms. The van der Waals surface area contributed by atoms with Gasteiger partial charge in [-0.05, 0) is 56.7 Å². The van der Waals surface area contributed by atoms with Crippen molar-refractivity contribution in [2.45, 2.75) is 39.4 Å². The van der Waals surface area contributed by atoms with Crippen LogP contribution in [0.3, 0.4) is 0 Å². The molecule has 0 unspecified atom stereocenters. The molecule has 0 fully saturated rings. The fraction of sp³-hybridized carbons (Fsp3) is 0.261. The van der Waals surface area contributed by atoms with Gasteiger partial charge in [0.05, 0.1) is 12.2 Å². The third-order valence-corrected chi connectivity index (χ3v) is 5.42. The molecule has 4 rings (SSSR count). The van der Waals surface area contributed by atoms with E-state index < -0.39 is 5.54 Å². The number of nitrogens with one attached hydrogen (secondary N) is 1. The van der Waals surface area contributed by atoms with Crippen LogP contribution in [0.4, 0.5) is 10.1 Å². The Labute approximate surface area is 174 Å². The van der Waals surface area contributed by atoms with Crippen LogP contribution in [-0.2, 0) is 17.9 Å². The zero-order chi connectivity index (χ0) is 21.5. The molecule has 3 aromatic rings. The molecule has 1 aliphatic rings. The van der Waals surface area contributed by atoms with Gasteiger partial charge in [0, 0.05) is 12.2 Å². The maximum atomic E-state index is 13.4. The fourth-order valence-electron chi connectivity index (χ4n) is 3.78. The Balaban J connectivity index is 1.69. The number of rotatable bonds is 4. The molecule has 30 heavy (non-hydrogen) atoms. The molecule has 0 saturated carbocycles. The molecule has 2 heterocycles. The number of benzene rings is 2. The molecule has 1 atom stereocenters. The van der Waals surface area contributed by atoms with E-state index in [0.717, 1.165) is 16.8 Å². The number of anilines is 1. The van der Waals surface area contributed by atoms with Gasteiger partial charge in [0.2, 0.25) is 5.91 Å². The monoisotopic (exact) mass is 406 g/mol. The minimum Gasteiger partial charge on any atom is -0.350 e. The van der Waals surface area contributed by atoms with E-state index in [4.69, 9.17) is 0 Å². The van der Waals surface area contributed by atoms with E-state index in [1.54, 1.807) is 34.7 Å². The number of amides is 2. The summed E-state index contributed by atoms with van der Waals surface area (Å²) in [5, 5.41) is 7.30. The van der Waals surface area contributed by atoms with Crippen molar-refractivity contribution in [3.63, 3.8) is 0 Å². The highest BCUT2D eigenvalue weighted by molar-refractivity contribution is 6.11. The summed E-state index contributed by atoms with van der Waals surface area (Å²) in [7, 11) is 0. The summed E-state index contributed by atoms with van der Waals surface area (Å²) in [6.07, 6.45) is 0. The highest BCUT2D eigenvalue weighted by Crippen LogP contribution is 2.33. The van der Waals surface area contributed by atoms with E-state index in [2.05, 4.69) is 10.4 Å². The summed E-state index contributed by atoms with van der Waals surface area (Å²) < 4.78 is 14.7. The van der Waals surface area contributed by atoms with Crippen LogP contribution in [0.1, 0.15) is 34.2 Å². The first-order valence-corrected chi connectivity index (χ1v) is 9.76. The van der Waals surface area contributed by atoms with Crippen molar-refractivity contribution in [2.24, 2.45) is 0 Å². The number of fused-ring (bicyclic) bond motifs is 1. The van der Waals surface area contributed by atoms with Gasteiger partial charge in [-0.15, -0.1) is 0 Å². The number of aryl methyl sites for hydroxylation is 2. The van der Waals surface area contributed by atoms with Crippen molar-refractivity contribution >= 4 is 17.5 Å². The minimum atomic E-state index is -1.18. The molecule has 2 amide bonds. The molecule has 0 spiro atoms. The topological polar surface area (TPSA) is 67.2 Å². The summed E-state index contributed by atoms with van der Waals surface area (Å²) in [5.74, 6) is -0.910. The van der Waals surface area contributed by atoms with Gasteiger partial charge >= 0.3 is 0 Å². The number of halogens is 1. The van der Waals surface area contributed by atoms with E-state index in [1.807, 2.05) is 38.1 Å². The highest BCUT2D eigenvalue weighted by Gasteiger charge is 2.48. The smallest absolute Gasteiger partial charge is 0.277 e. The molecule has 0 radical (unpaired) electrons. The zero-order valence-corrected chi connectivity index (χ0v) is 17.1. The maximum Gasteiger partial charge on any atom is 0.277 e. The standard InChI is InChI=1S/C23H23FN4O2/c1-15-4-10-19(11-5-15)28-21(29)20-12-16(2)26-27(20)14-23(28,3)22(30)25-13-17-6-8-18(24)9-7-17/h4-12H,13-14H2,1-3H3,(H,25,30)/t23-/m0/s1. The summed E-state index contributed by atoms with van der Waals surface area (Å²) in [6, 6.07) is 15.2. The number of carbonyl (C=O) groups excluding carboxylic acids is 2. The Hall–Kier alpha value is -3.48. The average molecular weight is 406 g/mol. The number of carbonyl (C=O) groups is 2. The second-order valence-electron chi connectivity index (χ2n) is 7.89. The van der Waals surface area contributed by atoms with Crippen LogP contribution < -0.4 is 10.2 Å². The van der Waals surface area contributed by atoms with Gasteiger partial charge in [-0.3, -0.25) is 19.2 Å². The van der Waals surface area contributed by atoms with Crippen LogP contribution in [0.5, 0.6) is 0 Å². The second kappa shape index (κ2) is 7.40. The average Bonchev–Trinajstić information content (AvgIpc) is 3.09. The van der Waals surface area contributed by atoms with Crippen molar-refractivity contribution in [1.29, 1.82) is 0 Å². The zero-order valence-electron chi connectivity index (χ0n) is 17.1. The lowest BCUT2D eigenvalue weighted by Crippen LogP contribution is -2.64. The van der Waals surface area contributed by atoms with Crippen LogP contribution in [0.2, 0.25) is 0 Å². The van der Waals surface area contributed by atoms with Gasteiger partial charge in [-0.1, -0.05) is 29.8 Å². The lowest BCUT2D eigenvalue weighted by molar-refractivity contribution is -0.126. The van der Waals surface area contributed by atoms with Crippen molar-refractivity contribution in [1.82, 2.24) is 15.1 Å². The second-order valence-corrected chi connectivity index (χ2v) is 7.89. The summed E-state index contributed by atoms with van der Waals surface area (Å²) >= 11 is 0. The quantitative estimate of drug-likeness (QED) is 0.722. The number of aromatic nitrogens is 2. The molecule has 0 saturated heterocycles. The third-order valence-electron chi connectivity index (χ3n) is 5.42. The van der Waals surface area contributed by atoms with Gasteiger partial charge in [-0.2, -0.15) is 5.10 Å². The van der Waals surface area contributed by atoms with Crippen molar-refractivity contribution < 1.29 is 14.0 Å². The van der Waals surface area contributed by atoms with Gasteiger partial charge in [0.1, 0.15) is 17.1 Å². The SMILES string of the molecule is Cc1ccc(N2C(=O)c3cc(C)nn3C[C@@]2(C)C(=O)NCc2ccc(F)cc2)cc1. The lowest BCUT2D eigenvalue weighted by Gasteiger charge is -2.43. The van der Waals surface area contributed by atoms with E-state index in [1.165, 1.54) is 12.1 Å². The van der Waals surface area contributed by atoms with Gasteiger partial charge < -0.3 is 5.32 Å². The summed E-state index contributed by atoms with van der Waals surface area (Å²) in [4.78, 5) is 28.3. The van der Waals surface area contributed by atoms with Crippen LogP contribution in [0.25, 0.3) is 0 Å². The first-order chi connectivity index (χ1) is 14.3. The van der Waals surface area contributed by atoms with Gasteiger partial charge in [-0.25, -0.2) is 4.39 Å². The Morgan fingerprint density at radius 1 is 1.13 bits per heavy atom. The molecule has 154 valence electrons. The van der Waals surface area contributed by atoms with E-state index in [9.17, 15) is 14.0 Å². The molecule has 6 nitrogen and oxygen atoms in total. The third kappa shape index (κ3) is 3.47. The van der Waals surface area contributed by atoms with Crippen LogP contribution in [-0.4, -0.2) is 27.1 Å². The first-order valence-electron chi connectivity index (χ1n) is 9.76. The van der Waals surface area contributed by atoms with Crippen LogP contribution in [0.15, 0.2) is 54.6 Å². The fourth-order valence-corrected chi connectivity index (χ4v) is 3.78. The number of hydrogen-bond acceptors (Lipinski definition) is 3. The highest BCUT2D eigenvalue weighted by atomic mass is 19.1. The van der Waals surface area contributed by atoms with Crippen molar-refractivity contribution in [2.75, 3.05) is 4.90 Å². The molecule has 1 aliphatic heterocycles. The molecular formula is C23H23FN4O2. The Bertz CT molecular complexity index is 1110. The van der Waals surface area contributed by atoms with Gasteiger partial charge in [0.15, 0.2) is 0 Å². The Morgan fingerprint density at radius 3 is 2.47 bits per heavy atom. The predicted molar refractivity (Wildman–Crippen MR) is 112 cm³/mol. The Morgan fingerprint density at radius 2 is 1.80 bits per heavy atom. The molecule has 1 aromatic heterocycles. The van der Waals surface area contributed by atoms with Crippen LogP contribution in [0, 0.1) is 19.7 Å². The molecule has 7 heteroatoms. The largest absolute Gasteiger partial charge is 0.350 e. The first kappa shape index (κ1) is 19.8. The summed E-state index contributed by atoms with van der Waals surface area (Å²) in [6.45, 7) is 5.99. The predicted octanol–water partition coefficient (Wildman–Crippen LogP) is 3.37. The van der Waals surface area contributed by atoms with E-state index in [0.29, 0.717) is 11.4 Å². The maximum absolute atomic E-state index is 13.4. The molecular weight excluding hydrogens is 383 g/mol. The van der Waals surface area contributed by atoms with Crippen molar-refractivity contribution in [3.8, 4) is 0 Å². The number of hydrogen-bond donors (Lipinski definition) is 1. The minimum absolute atomic E-state index is 0.227. The normalized spacial score (nSPS) is 18.3. The lowest BCUT2D eigenvalue weighted by atomic mass is 9.93. The van der Waals surface area contributed by atoms with E-state index in [-0.39, 0.29) is 30.7 Å². The van der Waals surface area contributed by atoms with Crippen molar-refractivity contribution in [3.05, 3.63) is 82.9 Å². The van der Waals surface area contributed by atoms with E-state index >= 15 is 0 Å². The molecule has 2 aromatic carbocycles. The van der Waals surface area contributed by atoms with Gasteiger partial charge in [0.25, 0.3) is 5.91 Å². The Kier molecular flexibility index (Phi) is 4.89. The van der Waals surface area contributed by atoms with Crippen LogP contribution >= 0.6 is 0 Å². The number of nitrogens with zero attached hydrogens (tertiary/aromatic N) is 3. The molecule has 0 aliphatic carbocycles.